The smallest absolute Gasteiger partial charge is 0.259 e. The second kappa shape index (κ2) is 6.29. The van der Waals surface area contributed by atoms with E-state index in [4.69, 9.17) is 17.3 Å². The summed E-state index contributed by atoms with van der Waals surface area (Å²) in [5.41, 5.74) is 7.61. The number of carbonyl (C=O) groups excluding carboxylic acids is 1. The van der Waals surface area contributed by atoms with E-state index in [-0.39, 0.29) is 5.91 Å². The Bertz CT molecular complexity index is 646. The molecule has 0 radical (unpaired) electrons. The third-order valence-corrected chi connectivity index (χ3v) is 3.72. The number of amides is 1. The maximum absolute atomic E-state index is 12.6. The zero-order valence-corrected chi connectivity index (χ0v) is 13.3. The van der Waals surface area contributed by atoms with E-state index >= 15 is 0 Å². The van der Waals surface area contributed by atoms with Crippen molar-refractivity contribution in [2.24, 2.45) is 0 Å². The third kappa shape index (κ3) is 3.14. The average molecular weight is 354 g/mol. The number of nitrogens with two attached hydrogens (primary N) is 1. The Hall–Kier alpha value is -1.52. The van der Waals surface area contributed by atoms with E-state index in [1.54, 1.807) is 35.2 Å². The van der Waals surface area contributed by atoms with Gasteiger partial charge in [0.05, 0.1) is 10.6 Å². The Labute approximate surface area is 131 Å². The van der Waals surface area contributed by atoms with Crippen LogP contribution in [0, 0.1) is 0 Å². The van der Waals surface area contributed by atoms with E-state index in [0.717, 1.165) is 10.2 Å². The van der Waals surface area contributed by atoms with Crippen LogP contribution in [0.25, 0.3) is 0 Å². The Balaban J connectivity index is 2.41. The van der Waals surface area contributed by atoms with Gasteiger partial charge in [0.25, 0.3) is 5.91 Å². The van der Waals surface area contributed by atoms with Crippen LogP contribution in [-0.4, -0.2) is 12.5 Å². The van der Waals surface area contributed by atoms with Crippen molar-refractivity contribution in [3.05, 3.63) is 57.5 Å². The van der Waals surface area contributed by atoms with Crippen molar-refractivity contribution < 1.29 is 4.79 Å². The van der Waals surface area contributed by atoms with Crippen molar-refractivity contribution in [1.82, 2.24) is 0 Å². The summed E-state index contributed by atoms with van der Waals surface area (Å²) in [6, 6.07) is 12.5. The molecular weight excluding hydrogens is 340 g/mol. The van der Waals surface area contributed by atoms with Crippen molar-refractivity contribution in [2.75, 3.05) is 17.2 Å². The number of hydrogen-bond donors (Lipinski definition) is 1. The standard InChI is InChI=1S/C15H14BrClN2O/c1-2-19(12-5-3-4-11(18)9-12)15(20)13-8-10(16)6-7-14(13)17/h3-9H,2,18H2,1H3. The number of benzene rings is 2. The first-order chi connectivity index (χ1) is 9.52. The summed E-state index contributed by atoms with van der Waals surface area (Å²) in [5.74, 6) is -0.149. The lowest BCUT2D eigenvalue weighted by Crippen LogP contribution is -2.30. The summed E-state index contributed by atoms with van der Waals surface area (Å²) in [5, 5.41) is 0.431. The molecule has 0 aliphatic heterocycles. The SMILES string of the molecule is CCN(C(=O)c1cc(Br)ccc1Cl)c1cccc(N)c1. The Morgan fingerprint density at radius 3 is 2.70 bits per heavy atom. The van der Waals surface area contributed by atoms with Gasteiger partial charge < -0.3 is 10.6 Å². The molecule has 0 aromatic heterocycles. The van der Waals surface area contributed by atoms with Crippen molar-refractivity contribution in [1.29, 1.82) is 0 Å². The molecule has 0 bridgehead atoms. The van der Waals surface area contributed by atoms with Crippen LogP contribution < -0.4 is 10.6 Å². The van der Waals surface area contributed by atoms with Gasteiger partial charge in [-0.1, -0.05) is 33.6 Å². The first-order valence-electron chi connectivity index (χ1n) is 6.15. The monoisotopic (exact) mass is 352 g/mol. The van der Waals surface area contributed by atoms with Crippen LogP contribution in [0.5, 0.6) is 0 Å². The number of nitrogen functional groups attached to an aromatic ring is 1. The molecular formula is C15H14BrClN2O. The molecule has 0 saturated heterocycles. The Morgan fingerprint density at radius 2 is 2.05 bits per heavy atom. The molecule has 2 aromatic rings. The van der Waals surface area contributed by atoms with Gasteiger partial charge in [-0.15, -0.1) is 0 Å². The molecule has 5 heteroatoms. The molecule has 2 N–H and O–H groups in total. The van der Waals surface area contributed by atoms with Crippen molar-refractivity contribution in [2.45, 2.75) is 6.92 Å². The van der Waals surface area contributed by atoms with Gasteiger partial charge in [0.15, 0.2) is 0 Å². The lowest BCUT2D eigenvalue weighted by Gasteiger charge is -2.22. The van der Waals surface area contributed by atoms with Gasteiger partial charge in [-0.2, -0.15) is 0 Å². The molecule has 1 amide bonds. The minimum absolute atomic E-state index is 0.149. The number of nitrogens with zero attached hydrogens (tertiary/aromatic N) is 1. The molecule has 2 rings (SSSR count). The highest BCUT2D eigenvalue weighted by molar-refractivity contribution is 9.10. The molecule has 0 aliphatic carbocycles. The van der Waals surface area contributed by atoms with Gasteiger partial charge in [-0.05, 0) is 43.3 Å². The van der Waals surface area contributed by atoms with E-state index in [1.807, 2.05) is 19.1 Å². The van der Waals surface area contributed by atoms with Crippen LogP contribution >= 0.6 is 27.5 Å². The number of halogens is 2. The highest BCUT2D eigenvalue weighted by Gasteiger charge is 2.19. The molecule has 0 heterocycles. The van der Waals surface area contributed by atoms with E-state index in [1.165, 1.54) is 0 Å². The zero-order valence-electron chi connectivity index (χ0n) is 10.9. The van der Waals surface area contributed by atoms with Gasteiger partial charge >= 0.3 is 0 Å². The van der Waals surface area contributed by atoms with Gasteiger partial charge in [0.1, 0.15) is 0 Å². The summed E-state index contributed by atoms with van der Waals surface area (Å²) >= 11 is 9.47. The maximum Gasteiger partial charge on any atom is 0.259 e. The summed E-state index contributed by atoms with van der Waals surface area (Å²) in [6.07, 6.45) is 0. The largest absolute Gasteiger partial charge is 0.399 e. The molecule has 0 atom stereocenters. The van der Waals surface area contributed by atoms with Crippen LogP contribution in [0.4, 0.5) is 11.4 Å². The zero-order chi connectivity index (χ0) is 14.7. The summed E-state index contributed by atoms with van der Waals surface area (Å²) in [7, 11) is 0. The fourth-order valence-electron chi connectivity index (χ4n) is 1.94. The van der Waals surface area contributed by atoms with E-state index in [0.29, 0.717) is 22.8 Å². The number of anilines is 2. The van der Waals surface area contributed by atoms with Gasteiger partial charge in [-0.3, -0.25) is 4.79 Å². The van der Waals surface area contributed by atoms with Crippen molar-refractivity contribution >= 4 is 44.8 Å². The first kappa shape index (κ1) is 14.9. The Morgan fingerprint density at radius 1 is 1.30 bits per heavy atom. The Kier molecular flexibility index (Phi) is 4.68. The van der Waals surface area contributed by atoms with Crippen molar-refractivity contribution in [3.63, 3.8) is 0 Å². The topological polar surface area (TPSA) is 46.3 Å². The summed E-state index contributed by atoms with van der Waals surface area (Å²) in [6.45, 7) is 2.44. The maximum atomic E-state index is 12.6. The fourth-order valence-corrected chi connectivity index (χ4v) is 2.50. The average Bonchev–Trinajstić information content (AvgIpc) is 2.42. The number of hydrogen-bond acceptors (Lipinski definition) is 2. The van der Waals surface area contributed by atoms with Crippen LogP contribution in [0.2, 0.25) is 5.02 Å². The molecule has 0 aliphatic rings. The lowest BCUT2D eigenvalue weighted by molar-refractivity contribution is 0.0988. The molecule has 0 unspecified atom stereocenters. The minimum Gasteiger partial charge on any atom is -0.399 e. The van der Waals surface area contributed by atoms with Crippen molar-refractivity contribution in [3.8, 4) is 0 Å². The molecule has 0 fully saturated rings. The number of rotatable bonds is 3. The van der Waals surface area contributed by atoms with Crippen LogP contribution in [0.3, 0.4) is 0 Å². The molecule has 20 heavy (non-hydrogen) atoms. The van der Waals surface area contributed by atoms with Gasteiger partial charge in [0.2, 0.25) is 0 Å². The first-order valence-corrected chi connectivity index (χ1v) is 7.32. The second-order valence-corrected chi connectivity index (χ2v) is 5.59. The van der Waals surface area contributed by atoms with E-state index < -0.39 is 0 Å². The van der Waals surface area contributed by atoms with Crippen LogP contribution in [0.15, 0.2) is 46.9 Å². The van der Waals surface area contributed by atoms with Crippen LogP contribution in [-0.2, 0) is 0 Å². The molecule has 104 valence electrons. The molecule has 0 spiro atoms. The molecule has 2 aromatic carbocycles. The summed E-state index contributed by atoms with van der Waals surface area (Å²) < 4.78 is 0.814. The molecule has 0 saturated carbocycles. The highest BCUT2D eigenvalue weighted by Crippen LogP contribution is 2.25. The predicted molar refractivity (Wildman–Crippen MR) is 87.4 cm³/mol. The minimum atomic E-state index is -0.149. The fraction of sp³-hybridized carbons (Fsp3) is 0.133. The highest BCUT2D eigenvalue weighted by atomic mass is 79.9. The third-order valence-electron chi connectivity index (χ3n) is 2.90. The van der Waals surface area contributed by atoms with Gasteiger partial charge in [0, 0.05) is 22.4 Å². The quantitative estimate of drug-likeness (QED) is 0.834. The lowest BCUT2D eigenvalue weighted by atomic mass is 10.1. The number of carbonyl (C=O) groups is 1. The van der Waals surface area contributed by atoms with Crippen LogP contribution in [0.1, 0.15) is 17.3 Å². The predicted octanol–water partition coefficient (Wildman–Crippen LogP) is 4.35. The normalized spacial score (nSPS) is 10.3. The van der Waals surface area contributed by atoms with E-state index in [2.05, 4.69) is 15.9 Å². The molecule has 3 nitrogen and oxygen atoms in total. The summed E-state index contributed by atoms with van der Waals surface area (Å²) in [4.78, 5) is 14.3. The second-order valence-electron chi connectivity index (χ2n) is 4.27. The van der Waals surface area contributed by atoms with Gasteiger partial charge in [-0.25, -0.2) is 0 Å². The van der Waals surface area contributed by atoms with E-state index in [9.17, 15) is 4.79 Å².